The molecule has 0 bridgehead atoms. The third kappa shape index (κ3) is 5.40. The van der Waals surface area contributed by atoms with Crippen molar-refractivity contribution in [3.8, 4) is 5.75 Å². The Morgan fingerprint density at radius 2 is 1.79 bits per heavy atom. The van der Waals surface area contributed by atoms with E-state index in [1.54, 1.807) is 12.0 Å². The maximum Gasteiger partial charge on any atom is 0.257 e. The van der Waals surface area contributed by atoms with Crippen LogP contribution in [0.5, 0.6) is 5.75 Å². The molecule has 0 atom stereocenters. The van der Waals surface area contributed by atoms with Crippen LogP contribution in [0.25, 0.3) is 0 Å². The number of anilines is 1. The van der Waals surface area contributed by atoms with E-state index in [4.69, 9.17) is 27.9 Å². The van der Waals surface area contributed by atoms with Crippen LogP contribution in [-0.2, 0) is 6.54 Å². The number of benzene rings is 2. The Hall–Kier alpha value is -2.83. The van der Waals surface area contributed by atoms with Crippen molar-refractivity contribution >= 4 is 34.8 Å². The summed E-state index contributed by atoms with van der Waals surface area (Å²) in [4.78, 5) is 19.2. The summed E-state index contributed by atoms with van der Waals surface area (Å²) < 4.78 is 18.4. The first-order valence-electron chi connectivity index (χ1n) is 10.7. The van der Waals surface area contributed by atoms with Crippen molar-refractivity contribution in [3.05, 3.63) is 87.4 Å². The minimum atomic E-state index is -0.242. The van der Waals surface area contributed by atoms with E-state index in [-0.39, 0.29) is 21.9 Å². The van der Waals surface area contributed by atoms with Crippen molar-refractivity contribution in [1.29, 1.82) is 0 Å². The van der Waals surface area contributed by atoms with E-state index in [0.29, 0.717) is 36.8 Å². The highest BCUT2D eigenvalue weighted by molar-refractivity contribution is 6.43. The van der Waals surface area contributed by atoms with E-state index < -0.39 is 0 Å². The van der Waals surface area contributed by atoms with Gasteiger partial charge in [-0.25, -0.2) is 9.37 Å². The number of hydrogen-bond donors (Lipinski definition) is 1. The van der Waals surface area contributed by atoms with Crippen molar-refractivity contribution in [2.45, 2.75) is 25.3 Å². The summed E-state index contributed by atoms with van der Waals surface area (Å²) in [5.41, 5.74) is 2.95. The van der Waals surface area contributed by atoms with Gasteiger partial charge in [0.2, 0.25) is 0 Å². The molecule has 1 saturated heterocycles. The smallest absolute Gasteiger partial charge is 0.257 e. The molecule has 2 aromatic carbocycles. The van der Waals surface area contributed by atoms with E-state index in [0.717, 1.165) is 29.7 Å². The van der Waals surface area contributed by atoms with Crippen LogP contribution in [-0.4, -0.2) is 36.0 Å². The molecule has 0 aliphatic carbocycles. The van der Waals surface area contributed by atoms with Crippen molar-refractivity contribution in [1.82, 2.24) is 9.88 Å². The Balaban J connectivity index is 1.47. The van der Waals surface area contributed by atoms with Gasteiger partial charge in [-0.3, -0.25) is 4.79 Å². The zero-order valence-electron chi connectivity index (χ0n) is 18.2. The molecule has 2 heterocycles. The van der Waals surface area contributed by atoms with Crippen LogP contribution in [0.2, 0.25) is 10.2 Å². The second-order valence-corrected chi connectivity index (χ2v) is 8.71. The minimum Gasteiger partial charge on any atom is -0.497 e. The van der Waals surface area contributed by atoms with E-state index in [9.17, 15) is 9.18 Å². The van der Waals surface area contributed by atoms with E-state index in [2.05, 4.69) is 10.3 Å². The fraction of sp³-hybridized carbons (Fsp3) is 0.280. The maximum atomic E-state index is 13.3. The Kier molecular flexibility index (Phi) is 7.36. The lowest BCUT2D eigenvalue weighted by Crippen LogP contribution is -2.38. The maximum absolute atomic E-state index is 13.3. The average molecular weight is 488 g/mol. The molecule has 4 rings (SSSR count). The predicted molar refractivity (Wildman–Crippen MR) is 129 cm³/mol. The fourth-order valence-electron chi connectivity index (χ4n) is 4.05. The first-order chi connectivity index (χ1) is 16.0. The molecule has 8 heteroatoms. The first kappa shape index (κ1) is 23.3. The summed E-state index contributed by atoms with van der Waals surface area (Å²) in [6.45, 7) is 1.65. The number of carbonyl (C=O) groups excluding carboxylic acids is 1. The summed E-state index contributed by atoms with van der Waals surface area (Å²) in [7, 11) is 1.62. The van der Waals surface area contributed by atoms with Crippen LogP contribution >= 0.6 is 23.2 Å². The number of pyridine rings is 1. The molecule has 1 aliphatic rings. The monoisotopic (exact) mass is 487 g/mol. The molecule has 1 aliphatic heterocycles. The van der Waals surface area contributed by atoms with Gasteiger partial charge in [-0.1, -0.05) is 47.5 Å². The molecule has 5 nitrogen and oxygen atoms in total. The normalized spacial score (nSPS) is 14.2. The molecule has 0 saturated carbocycles. The number of piperidine rings is 1. The number of halogens is 3. The molecule has 0 radical (unpaired) electrons. The summed E-state index contributed by atoms with van der Waals surface area (Å²) in [5, 5.41) is 3.61. The molecule has 0 unspecified atom stereocenters. The second kappa shape index (κ2) is 10.4. The van der Waals surface area contributed by atoms with Crippen LogP contribution in [0.15, 0.2) is 54.7 Å². The Labute approximate surface area is 202 Å². The van der Waals surface area contributed by atoms with Gasteiger partial charge in [0.15, 0.2) is 0 Å². The lowest BCUT2D eigenvalue weighted by atomic mass is 9.89. The molecule has 33 heavy (non-hydrogen) atoms. The molecule has 1 amide bonds. The average Bonchev–Trinajstić information content (AvgIpc) is 2.85. The molecular formula is C25H24Cl2FN3O2. The number of ether oxygens (including phenoxy) is 1. The highest BCUT2D eigenvalue weighted by atomic mass is 35.5. The van der Waals surface area contributed by atoms with Crippen molar-refractivity contribution in [3.63, 3.8) is 0 Å². The highest BCUT2D eigenvalue weighted by Gasteiger charge is 2.27. The first-order valence-corrected chi connectivity index (χ1v) is 11.5. The number of carbonyl (C=O) groups is 1. The molecule has 1 N–H and O–H groups in total. The van der Waals surface area contributed by atoms with Crippen LogP contribution in [0.1, 0.15) is 40.2 Å². The second-order valence-electron chi connectivity index (χ2n) is 7.97. The number of methoxy groups -OCH3 is 1. The number of rotatable bonds is 6. The number of nitrogens with one attached hydrogen (secondary N) is 1. The van der Waals surface area contributed by atoms with Crippen LogP contribution in [0.3, 0.4) is 0 Å². The third-order valence-electron chi connectivity index (χ3n) is 5.96. The standard InChI is InChI=1S/C25H24Cl2FN3O2/c1-33-20-8-2-16(3-9-20)14-29-23-21(15-30-24(27)22(23)26)25(32)31-12-10-18(11-13-31)17-4-6-19(28)7-5-17/h2-9,15,18H,10-14H2,1H3,(H,29,30). The van der Waals surface area contributed by atoms with Gasteiger partial charge in [-0.05, 0) is 54.2 Å². The molecule has 1 fully saturated rings. The zero-order valence-corrected chi connectivity index (χ0v) is 19.7. The zero-order chi connectivity index (χ0) is 23.4. The fourth-order valence-corrected chi connectivity index (χ4v) is 4.41. The Morgan fingerprint density at radius 3 is 2.42 bits per heavy atom. The van der Waals surface area contributed by atoms with Gasteiger partial charge in [-0.15, -0.1) is 0 Å². The summed E-state index contributed by atoms with van der Waals surface area (Å²) in [5.74, 6) is 0.682. The number of amides is 1. The molecule has 0 spiro atoms. The quantitative estimate of drug-likeness (QED) is 0.422. The van der Waals surface area contributed by atoms with Crippen LogP contribution in [0.4, 0.5) is 10.1 Å². The molecule has 3 aromatic rings. The van der Waals surface area contributed by atoms with E-state index >= 15 is 0 Å². The van der Waals surface area contributed by atoms with E-state index in [1.165, 1.54) is 18.3 Å². The third-order valence-corrected chi connectivity index (χ3v) is 6.71. The SMILES string of the molecule is COc1ccc(CNc2c(C(=O)N3CCC(c4ccc(F)cc4)CC3)cnc(Cl)c2Cl)cc1. The number of likely N-dealkylation sites (tertiary alicyclic amines) is 1. The van der Waals surface area contributed by atoms with Gasteiger partial charge >= 0.3 is 0 Å². The highest BCUT2D eigenvalue weighted by Crippen LogP contribution is 2.34. The van der Waals surface area contributed by atoms with Gasteiger partial charge in [0, 0.05) is 25.8 Å². The van der Waals surface area contributed by atoms with Gasteiger partial charge in [-0.2, -0.15) is 0 Å². The van der Waals surface area contributed by atoms with Gasteiger partial charge in [0.25, 0.3) is 5.91 Å². The Bertz CT molecular complexity index is 1120. The number of aromatic nitrogens is 1. The van der Waals surface area contributed by atoms with Crippen LogP contribution in [0, 0.1) is 5.82 Å². The Morgan fingerprint density at radius 1 is 1.12 bits per heavy atom. The topological polar surface area (TPSA) is 54.5 Å². The number of hydrogen-bond acceptors (Lipinski definition) is 4. The summed E-state index contributed by atoms with van der Waals surface area (Å²) in [6.07, 6.45) is 3.08. The van der Waals surface area contributed by atoms with Gasteiger partial charge < -0.3 is 15.0 Å². The summed E-state index contributed by atoms with van der Waals surface area (Å²) >= 11 is 12.6. The molecule has 1 aromatic heterocycles. The van der Waals surface area contributed by atoms with Crippen molar-refractivity contribution in [2.75, 3.05) is 25.5 Å². The van der Waals surface area contributed by atoms with Crippen molar-refractivity contribution < 1.29 is 13.9 Å². The van der Waals surface area contributed by atoms with Gasteiger partial charge in [0.1, 0.15) is 21.7 Å². The molecule has 172 valence electrons. The molecular weight excluding hydrogens is 464 g/mol. The lowest BCUT2D eigenvalue weighted by molar-refractivity contribution is 0.0713. The predicted octanol–water partition coefficient (Wildman–Crippen LogP) is 6.17. The largest absolute Gasteiger partial charge is 0.497 e. The lowest BCUT2D eigenvalue weighted by Gasteiger charge is -2.32. The van der Waals surface area contributed by atoms with Crippen molar-refractivity contribution in [2.24, 2.45) is 0 Å². The summed E-state index contributed by atoms with van der Waals surface area (Å²) in [6, 6.07) is 14.2. The van der Waals surface area contributed by atoms with Gasteiger partial charge in [0.05, 0.1) is 18.4 Å². The van der Waals surface area contributed by atoms with Crippen LogP contribution < -0.4 is 10.1 Å². The minimum absolute atomic E-state index is 0.139. The van der Waals surface area contributed by atoms with E-state index in [1.807, 2.05) is 36.4 Å². The number of nitrogens with zero attached hydrogens (tertiary/aromatic N) is 2.